The molecule has 0 bridgehead atoms. The molecule has 0 radical (unpaired) electrons. The highest BCUT2D eigenvalue weighted by molar-refractivity contribution is 6.31. The van der Waals surface area contributed by atoms with Gasteiger partial charge in [0.25, 0.3) is 5.91 Å². The summed E-state index contributed by atoms with van der Waals surface area (Å²) in [6.45, 7) is 1.88. The normalized spacial score (nSPS) is 11.8. The number of halogens is 1. The third-order valence-electron chi connectivity index (χ3n) is 2.93. The van der Waals surface area contributed by atoms with Crippen molar-refractivity contribution in [3.8, 4) is 5.88 Å². The number of nitrogens with one attached hydrogen (secondary N) is 1. The standard InChI is InChI=1S/C15H15ClN2O2/c1-10(12-5-3-4-6-13(12)16)18-15(19)11-7-8-14(20-2)17-9-11/h3-10H,1-2H3,(H,18,19). The lowest BCUT2D eigenvalue weighted by Crippen LogP contribution is -2.26. The highest BCUT2D eigenvalue weighted by atomic mass is 35.5. The fourth-order valence-electron chi connectivity index (χ4n) is 1.82. The van der Waals surface area contributed by atoms with E-state index in [1.165, 1.54) is 13.3 Å². The second kappa shape index (κ2) is 6.39. The maximum atomic E-state index is 12.1. The molecule has 0 spiro atoms. The highest BCUT2D eigenvalue weighted by Crippen LogP contribution is 2.22. The number of amides is 1. The van der Waals surface area contributed by atoms with E-state index >= 15 is 0 Å². The van der Waals surface area contributed by atoms with Crippen molar-refractivity contribution in [2.45, 2.75) is 13.0 Å². The summed E-state index contributed by atoms with van der Waals surface area (Å²) in [4.78, 5) is 16.1. The molecule has 0 aliphatic rings. The molecule has 4 nitrogen and oxygen atoms in total. The summed E-state index contributed by atoms with van der Waals surface area (Å²) in [6.07, 6.45) is 1.48. The molecule has 1 heterocycles. The summed E-state index contributed by atoms with van der Waals surface area (Å²) >= 11 is 6.11. The number of rotatable bonds is 4. The van der Waals surface area contributed by atoms with Crippen molar-refractivity contribution in [1.82, 2.24) is 10.3 Å². The first-order valence-corrected chi connectivity index (χ1v) is 6.55. The summed E-state index contributed by atoms with van der Waals surface area (Å²) < 4.78 is 4.95. The first kappa shape index (κ1) is 14.3. The van der Waals surface area contributed by atoms with Gasteiger partial charge in [-0.3, -0.25) is 4.79 Å². The van der Waals surface area contributed by atoms with Crippen molar-refractivity contribution in [2.75, 3.05) is 7.11 Å². The molecule has 5 heteroatoms. The molecular weight excluding hydrogens is 276 g/mol. The molecule has 20 heavy (non-hydrogen) atoms. The zero-order chi connectivity index (χ0) is 14.5. The van der Waals surface area contributed by atoms with Crippen LogP contribution in [0.4, 0.5) is 0 Å². The molecule has 1 N–H and O–H groups in total. The van der Waals surface area contributed by atoms with Crippen molar-refractivity contribution < 1.29 is 9.53 Å². The van der Waals surface area contributed by atoms with Gasteiger partial charge in [-0.15, -0.1) is 0 Å². The predicted molar refractivity (Wildman–Crippen MR) is 78.1 cm³/mol. The molecule has 1 aromatic carbocycles. The molecule has 2 rings (SSSR count). The Kier molecular flexibility index (Phi) is 4.58. The van der Waals surface area contributed by atoms with Crippen molar-refractivity contribution >= 4 is 17.5 Å². The van der Waals surface area contributed by atoms with Crippen LogP contribution in [0, 0.1) is 0 Å². The number of aromatic nitrogens is 1. The lowest BCUT2D eigenvalue weighted by atomic mass is 10.1. The molecule has 104 valence electrons. The van der Waals surface area contributed by atoms with Crippen LogP contribution in [0.1, 0.15) is 28.9 Å². The summed E-state index contributed by atoms with van der Waals surface area (Å²) in [5, 5.41) is 3.52. The maximum Gasteiger partial charge on any atom is 0.253 e. The third kappa shape index (κ3) is 3.27. The van der Waals surface area contributed by atoms with Crippen LogP contribution in [0.5, 0.6) is 5.88 Å². The Balaban J connectivity index is 2.09. The SMILES string of the molecule is COc1ccc(C(=O)NC(C)c2ccccc2Cl)cn1. The Bertz CT molecular complexity index is 599. The average Bonchev–Trinajstić information content (AvgIpc) is 2.47. The van der Waals surface area contributed by atoms with Crippen molar-refractivity contribution in [3.63, 3.8) is 0 Å². The van der Waals surface area contributed by atoms with Crippen molar-refractivity contribution in [3.05, 3.63) is 58.7 Å². The molecule has 1 atom stereocenters. The van der Waals surface area contributed by atoms with Gasteiger partial charge in [0.15, 0.2) is 0 Å². The Morgan fingerprint density at radius 2 is 2.05 bits per heavy atom. The Morgan fingerprint density at radius 1 is 1.30 bits per heavy atom. The van der Waals surface area contributed by atoms with Gasteiger partial charge in [0.1, 0.15) is 0 Å². The van der Waals surface area contributed by atoms with Crippen molar-refractivity contribution in [1.29, 1.82) is 0 Å². The molecule has 0 saturated carbocycles. The van der Waals surface area contributed by atoms with E-state index in [0.717, 1.165) is 5.56 Å². The van der Waals surface area contributed by atoms with E-state index < -0.39 is 0 Å². The minimum absolute atomic E-state index is 0.182. The number of hydrogen-bond donors (Lipinski definition) is 1. The van der Waals surface area contributed by atoms with Gasteiger partial charge in [-0.2, -0.15) is 0 Å². The van der Waals surface area contributed by atoms with Gasteiger partial charge in [0.2, 0.25) is 5.88 Å². The lowest BCUT2D eigenvalue weighted by molar-refractivity contribution is 0.0939. The number of benzene rings is 1. The molecular formula is C15H15ClN2O2. The second-order valence-corrected chi connectivity index (χ2v) is 4.71. The van der Waals surface area contributed by atoms with Gasteiger partial charge in [0, 0.05) is 17.3 Å². The monoisotopic (exact) mass is 290 g/mol. The molecule has 2 aromatic rings. The van der Waals surface area contributed by atoms with Crippen LogP contribution >= 0.6 is 11.6 Å². The number of hydrogen-bond acceptors (Lipinski definition) is 3. The molecule has 0 fully saturated rings. The topological polar surface area (TPSA) is 51.2 Å². The summed E-state index contributed by atoms with van der Waals surface area (Å²) in [5.41, 5.74) is 1.36. The van der Waals surface area contributed by atoms with E-state index in [0.29, 0.717) is 16.5 Å². The summed E-state index contributed by atoms with van der Waals surface area (Å²) in [5.74, 6) is 0.272. The molecule has 0 saturated heterocycles. The van der Waals surface area contributed by atoms with Crippen LogP contribution < -0.4 is 10.1 Å². The van der Waals surface area contributed by atoms with E-state index in [9.17, 15) is 4.79 Å². The Hall–Kier alpha value is -2.07. The first-order valence-electron chi connectivity index (χ1n) is 6.17. The first-order chi connectivity index (χ1) is 9.61. The molecule has 1 unspecified atom stereocenters. The minimum atomic E-state index is -0.201. The highest BCUT2D eigenvalue weighted by Gasteiger charge is 2.13. The van der Waals surface area contributed by atoms with Crippen LogP contribution in [0.25, 0.3) is 0 Å². The minimum Gasteiger partial charge on any atom is -0.481 e. The van der Waals surface area contributed by atoms with Crippen LogP contribution in [-0.4, -0.2) is 18.0 Å². The van der Waals surface area contributed by atoms with Crippen molar-refractivity contribution in [2.24, 2.45) is 0 Å². The lowest BCUT2D eigenvalue weighted by Gasteiger charge is -2.15. The van der Waals surface area contributed by atoms with E-state index in [1.807, 2.05) is 25.1 Å². The third-order valence-corrected chi connectivity index (χ3v) is 3.27. The van der Waals surface area contributed by atoms with Crippen LogP contribution in [0.3, 0.4) is 0 Å². The molecule has 1 amide bonds. The average molecular weight is 291 g/mol. The number of ether oxygens (including phenoxy) is 1. The number of carbonyl (C=O) groups excluding carboxylic acids is 1. The van der Waals surface area contributed by atoms with E-state index in [-0.39, 0.29) is 11.9 Å². The largest absolute Gasteiger partial charge is 0.481 e. The van der Waals surface area contributed by atoms with E-state index in [1.54, 1.807) is 18.2 Å². The zero-order valence-electron chi connectivity index (χ0n) is 11.3. The molecule has 0 aliphatic heterocycles. The zero-order valence-corrected chi connectivity index (χ0v) is 12.0. The number of methoxy groups -OCH3 is 1. The number of carbonyl (C=O) groups is 1. The maximum absolute atomic E-state index is 12.1. The summed E-state index contributed by atoms with van der Waals surface area (Å²) in [6, 6.07) is 10.6. The van der Waals surface area contributed by atoms with E-state index in [2.05, 4.69) is 10.3 Å². The van der Waals surface area contributed by atoms with Gasteiger partial charge in [-0.05, 0) is 24.6 Å². The molecule has 0 aliphatic carbocycles. The Labute approximate surface area is 122 Å². The van der Waals surface area contributed by atoms with Gasteiger partial charge < -0.3 is 10.1 Å². The van der Waals surface area contributed by atoms with Crippen LogP contribution in [0.2, 0.25) is 5.02 Å². The van der Waals surface area contributed by atoms with Gasteiger partial charge in [-0.1, -0.05) is 29.8 Å². The second-order valence-electron chi connectivity index (χ2n) is 4.31. The summed E-state index contributed by atoms with van der Waals surface area (Å²) in [7, 11) is 1.53. The fourth-order valence-corrected chi connectivity index (χ4v) is 2.12. The predicted octanol–water partition coefficient (Wildman–Crippen LogP) is 3.23. The van der Waals surface area contributed by atoms with E-state index in [4.69, 9.17) is 16.3 Å². The fraction of sp³-hybridized carbons (Fsp3) is 0.200. The van der Waals surface area contributed by atoms with Gasteiger partial charge >= 0.3 is 0 Å². The molecule has 1 aromatic heterocycles. The number of pyridine rings is 1. The van der Waals surface area contributed by atoms with Gasteiger partial charge in [-0.25, -0.2) is 4.98 Å². The Morgan fingerprint density at radius 3 is 2.65 bits per heavy atom. The number of nitrogens with zero attached hydrogens (tertiary/aromatic N) is 1. The smallest absolute Gasteiger partial charge is 0.253 e. The van der Waals surface area contributed by atoms with Crippen LogP contribution in [-0.2, 0) is 0 Å². The van der Waals surface area contributed by atoms with Gasteiger partial charge in [0.05, 0.1) is 18.7 Å². The quantitative estimate of drug-likeness (QED) is 0.940. The van der Waals surface area contributed by atoms with Crippen LogP contribution in [0.15, 0.2) is 42.6 Å².